The number of pyridine rings is 1. The Morgan fingerprint density at radius 1 is 1.31 bits per heavy atom. The highest BCUT2D eigenvalue weighted by Gasteiger charge is 2.15. The Balaban J connectivity index is 1.49. The molecule has 0 atom stereocenters. The van der Waals surface area contributed by atoms with E-state index in [1.807, 2.05) is 12.1 Å². The SMILES string of the molecule is O=C(Cn1cc(C(=O)O)nn1)NCc1ccnc(OC2CCCCC2)c1. The highest BCUT2D eigenvalue weighted by molar-refractivity contribution is 5.84. The van der Waals surface area contributed by atoms with E-state index in [1.165, 1.54) is 30.1 Å². The van der Waals surface area contributed by atoms with Crippen LogP contribution in [0.4, 0.5) is 0 Å². The van der Waals surface area contributed by atoms with E-state index in [-0.39, 0.29) is 24.2 Å². The monoisotopic (exact) mass is 359 g/mol. The van der Waals surface area contributed by atoms with Gasteiger partial charge in [0, 0.05) is 18.8 Å². The smallest absolute Gasteiger partial charge is 0.358 e. The predicted molar refractivity (Wildman–Crippen MR) is 90.6 cm³/mol. The van der Waals surface area contributed by atoms with Crippen molar-refractivity contribution in [3.63, 3.8) is 0 Å². The van der Waals surface area contributed by atoms with Crippen molar-refractivity contribution in [3.8, 4) is 5.88 Å². The first-order valence-electron chi connectivity index (χ1n) is 8.62. The highest BCUT2D eigenvalue weighted by Crippen LogP contribution is 2.22. The first-order chi connectivity index (χ1) is 12.6. The fraction of sp³-hybridized carbons (Fsp3) is 0.471. The first-order valence-corrected chi connectivity index (χ1v) is 8.62. The van der Waals surface area contributed by atoms with Crippen LogP contribution in [0.1, 0.15) is 48.2 Å². The minimum absolute atomic E-state index is 0.100. The van der Waals surface area contributed by atoms with E-state index < -0.39 is 5.97 Å². The van der Waals surface area contributed by atoms with E-state index in [0.717, 1.165) is 18.4 Å². The maximum absolute atomic E-state index is 12.0. The number of nitrogens with zero attached hydrogens (tertiary/aromatic N) is 4. The van der Waals surface area contributed by atoms with Gasteiger partial charge in [0.2, 0.25) is 11.8 Å². The molecule has 2 aromatic rings. The third-order valence-electron chi connectivity index (χ3n) is 4.19. The predicted octanol–water partition coefficient (Wildman–Crippen LogP) is 1.40. The van der Waals surface area contributed by atoms with Gasteiger partial charge in [-0.3, -0.25) is 4.79 Å². The lowest BCUT2D eigenvalue weighted by molar-refractivity contribution is -0.122. The van der Waals surface area contributed by atoms with Crippen molar-refractivity contribution in [1.29, 1.82) is 0 Å². The molecule has 138 valence electrons. The zero-order valence-corrected chi connectivity index (χ0v) is 14.3. The van der Waals surface area contributed by atoms with Crippen LogP contribution in [-0.2, 0) is 17.9 Å². The molecule has 26 heavy (non-hydrogen) atoms. The molecule has 2 aromatic heterocycles. The molecule has 9 nitrogen and oxygen atoms in total. The van der Waals surface area contributed by atoms with Gasteiger partial charge in [0.25, 0.3) is 0 Å². The summed E-state index contributed by atoms with van der Waals surface area (Å²) in [5, 5.41) is 18.6. The van der Waals surface area contributed by atoms with E-state index in [2.05, 4.69) is 20.6 Å². The fourth-order valence-corrected chi connectivity index (χ4v) is 2.86. The van der Waals surface area contributed by atoms with Gasteiger partial charge in [0.15, 0.2) is 5.69 Å². The Morgan fingerprint density at radius 3 is 2.85 bits per heavy atom. The Bertz CT molecular complexity index is 770. The molecule has 1 saturated carbocycles. The summed E-state index contributed by atoms with van der Waals surface area (Å²) in [5.74, 6) is -0.900. The number of hydrogen-bond acceptors (Lipinski definition) is 6. The number of carbonyl (C=O) groups is 2. The van der Waals surface area contributed by atoms with Gasteiger partial charge >= 0.3 is 5.97 Å². The van der Waals surface area contributed by atoms with Crippen LogP contribution in [0.5, 0.6) is 5.88 Å². The normalized spacial score (nSPS) is 14.8. The fourth-order valence-electron chi connectivity index (χ4n) is 2.86. The van der Waals surface area contributed by atoms with Gasteiger partial charge < -0.3 is 15.2 Å². The van der Waals surface area contributed by atoms with Gasteiger partial charge in [-0.2, -0.15) is 0 Å². The van der Waals surface area contributed by atoms with Gasteiger partial charge in [-0.25, -0.2) is 14.5 Å². The second-order valence-electron chi connectivity index (χ2n) is 6.26. The third-order valence-corrected chi connectivity index (χ3v) is 4.19. The Kier molecular flexibility index (Phi) is 5.77. The number of amides is 1. The van der Waals surface area contributed by atoms with Gasteiger partial charge in [-0.1, -0.05) is 11.6 Å². The summed E-state index contributed by atoms with van der Waals surface area (Å²) in [6.07, 6.45) is 8.84. The van der Waals surface area contributed by atoms with Crippen LogP contribution >= 0.6 is 0 Å². The molecule has 0 spiro atoms. The Morgan fingerprint density at radius 2 is 2.12 bits per heavy atom. The second kappa shape index (κ2) is 8.41. The van der Waals surface area contributed by atoms with Crippen molar-refractivity contribution in [2.45, 2.75) is 51.3 Å². The van der Waals surface area contributed by atoms with Gasteiger partial charge in [-0.15, -0.1) is 5.10 Å². The molecular formula is C17H21N5O4. The van der Waals surface area contributed by atoms with Crippen molar-refractivity contribution in [2.75, 3.05) is 0 Å². The van der Waals surface area contributed by atoms with Crippen LogP contribution < -0.4 is 10.1 Å². The van der Waals surface area contributed by atoms with Crippen molar-refractivity contribution in [1.82, 2.24) is 25.3 Å². The van der Waals surface area contributed by atoms with Crippen molar-refractivity contribution < 1.29 is 19.4 Å². The molecule has 0 radical (unpaired) electrons. The number of ether oxygens (including phenoxy) is 1. The molecule has 1 aliphatic carbocycles. The molecule has 9 heteroatoms. The standard InChI is InChI=1S/C17H21N5O4/c23-15(11-22-10-14(17(24)25)20-21-22)19-9-12-6-7-18-16(8-12)26-13-4-2-1-3-5-13/h6-8,10,13H,1-5,9,11H2,(H,19,23)(H,24,25). The molecule has 2 heterocycles. The van der Waals surface area contributed by atoms with Crippen molar-refractivity contribution >= 4 is 11.9 Å². The summed E-state index contributed by atoms with van der Waals surface area (Å²) in [5.41, 5.74) is 0.681. The average Bonchev–Trinajstić information content (AvgIpc) is 3.10. The van der Waals surface area contributed by atoms with Gasteiger partial charge in [0.05, 0.1) is 6.20 Å². The molecule has 0 saturated heterocycles. The molecule has 0 unspecified atom stereocenters. The van der Waals surface area contributed by atoms with Crippen LogP contribution in [0.2, 0.25) is 0 Å². The Labute approximate surface area is 150 Å². The summed E-state index contributed by atoms with van der Waals surface area (Å²) >= 11 is 0. The zero-order chi connectivity index (χ0) is 18.4. The summed E-state index contributed by atoms with van der Waals surface area (Å²) in [6.45, 7) is 0.222. The van der Waals surface area contributed by atoms with Crippen LogP contribution in [0, 0.1) is 0 Å². The van der Waals surface area contributed by atoms with Gasteiger partial charge in [0.1, 0.15) is 12.6 Å². The maximum Gasteiger partial charge on any atom is 0.358 e. The van der Waals surface area contributed by atoms with E-state index in [4.69, 9.17) is 9.84 Å². The summed E-state index contributed by atoms with van der Waals surface area (Å²) in [6, 6.07) is 3.64. The highest BCUT2D eigenvalue weighted by atomic mass is 16.5. The van der Waals surface area contributed by atoms with Crippen molar-refractivity contribution in [2.24, 2.45) is 0 Å². The summed E-state index contributed by atoms with van der Waals surface area (Å²) in [4.78, 5) is 27.0. The van der Waals surface area contributed by atoms with E-state index >= 15 is 0 Å². The molecule has 3 rings (SSSR count). The van der Waals surface area contributed by atoms with E-state index in [1.54, 1.807) is 6.20 Å². The van der Waals surface area contributed by atoms with Crippen LogP contribution in [0.15, 0.2) is 24.5 Å². The quantitative estimate of drug-likeness (QED) is 0.767. The number of carboxylic acid groups (broad SMARTS) is 1. The number of hydrogen-bond donors (Lipinski definition) is 2. The lowest BCUT2D eigenvalue weighted by Crippen LogP contribution is -2.27. The molecule has 0 aromatic carbocycles. The van der Waals surface area contributed by atoms with E-state index in [9.17, 15) is 9.59 Å². The zero-order valence-electron chi connectivity index (χ0n) is 14.3. The largest absolute Gasteiger partial charge is 0.476 e. The molecule has 0 aliphatic heterocycles. The number of aromatic carboxylic acids is 1. The number of rotatable bonds is 7. The van der Waals surface area contributed by atoms with Crippen LogP contribution in [0.25, 0.3) is 0 Å². The molecule has 1 aliphatic rings. The molecule has 2 N–H and O–H groups in total. The number of carbonyl (C=O) groups excluding carboxylic acids is 1. The summed E-state index contributed by atoms with van der Waals surface area (Å²) in [7, 11) is 0. The third kappa shape index (κ3) is 5.01. The number of aromatic nitrogens is 4. The molecule has 0 bridgehead atoms. The molecule has 1 fully saturated rings. The Hall–Kier alpha value is -2.97. The minimum atomic E-state index is -1.18. The minimum Gasteiger partial charge on any atom is -0.476 e. The average molecular weight is 359 g/mol. The molecule has 1 amide bonds. The number of carboxylic acids is 1. The maximum atomic E-state index is 12.0. The molecular weight excluding hydrogens is 338 g/mol. The summed E-state index contributed by atoms with van der Waals surface area (Å²) < 4.78 is 7.11. The lowest BCUT2D eigenvalue weighted by Gasteiger charge is -2.22. The van der Waals surface area contributed by atoms with Crippen LogP contribution in [-0.4, -0.2) is 43.1 Å². The second-order valence-corrected chi connectivity index (χ2v) is 6.26. The topological polar surface area (TPSA) is 119 Å². The first kappa shape index (κ1) is 17.8. The number of nitrogens with one attached hydrogen (secondary N) is 1. The van der Waals surface area contributed by atoms with Crippen molar-refractivity contribution in [3.05, 3.63) is 35.8 Å². The van der Waals surface area contributed by atoms with E-state index in [0.29, 0.717) is 12.4 Å². The van der Waals surface area contributed by atoms with Gasteiger partial charge in [-0.05, 0) is 37.3 Å². The van der Waals surface area contributed by atoms with Crippen LogP contribution in [0.3, 0.4) is 0 Å². The lowest BCUT2D eigenvalue weighted by atomic mass is 9.98.